The van der Waals surface area contributed by atoms with Crippen molar-refractivity contribution in [1.82, 2.24) is 0 Å². The first kappa shape index (κ1) is 17.3. The SMILES string of the molecule is CC(=O)Nc1ccc(OC(=O)c2ccc(OC(F)(F)F)cc2)cc1. The molecule has 0 aromatic heterocycles. The summed E-state index contributed by atoms with van der Waals surface area (Å²) >= 11 is 0. The highest BCUT2D eigenvalue weighted by atomic mass is 19.4. The number of benzene rings is 2. The molecule has 0 unspecified atom stereocenters. The van der Waals surface area contributed by atoms with Crippen LogP contribution in [0.5, 0.6) is 11.5 Å². The summed E-state index contributed by atoms with van der Waals surface area (Å²) in [5, 5.41) is 2.56. The van der Waals surface area contributed by atoms with E-state index in [9.17, 15) is 22.8 Å². The third kappa shape index (κ3) is 5.31. The second kappa shape index (κ2) is 7.03. The molecule has 0 spiro atoms. The first-order chi connectivity index (χ1) is 11.2. The van der Waals surface area contributed by atoms with E-state index in [0.717, 1.165) is 24.3 Å². The molecule has 1 N–H and O–H groups in total. The van der Waals surface area contributed by atoms with Crippen LogP contribution in [-0.4, -0.2) is 18.2 Å². The summed E-state index contributed by atoms with van der Waals surface area (Å²) in [4.78, 5) is 22.8. The zero-order valence-electron chi connectivity index (χ0n) is 12.4. The van der Waals surface area contributed by atoms with Gasteiger partial charge < -0.3 is 14.8 Å². The molecule has 5 nitrogen and oxygen atoms in total. The number of carbonyl (C=O) groups is 2. The van der Waals surface area contributed by atoms with Gasteiger partial charge in [0.25, 0.3) is 0 Å². The van der Waals surface area contributed by atoms with Gasteiger partial charge in [-0.3, -0.25) is 4.79 Å². The largest absolute Gasteiger partial charge is 0.573 e. The van der Waals surface area contributed by atoms with Gasteiger partial charge in [-0.15, -0.1) is 13.2 Å². The van der Waals surface area contributed by atoms with Crippen molar-refractivity contribution < 1.29 is 32.2 Å². The van der Waals surface area contributed by atoms with Crippen LogP contribution in [0.4, 0.5) is 18.9 Å². The maximum atomic E-state index is 12.1. The number of hydrogen-bond acceptors (Lipinski definition) is 4. The lowest BCUT2D eigenvalue weighted by atomic mass is 10.2. The van der Waals surface area contributed by atoms with Crippen LogP contribution in [0.25, 0.3) is 0 Å². The van der Waals surface area contributed by atoms with Gasteiger partial charge in [-0.25, -0.2) is 4.79 Å². The molecule has 0 saturated carbocycles. The van der Waals surface area contributed by atoms with Gasteiger partial charge in [-0.2, -0.15) is 0 Å². The van der Waals surface area contributed by atoms with Crippen molar-refractivity contribution in [3.8, 4) is 11.5 Å². The molecule has 1 amide bonds. The summed E-state index contributed by atoms with van der Waals surface area (Å²) in [5.74, 6) is -1.18. The molecule has 0 aliphatic rings. The fourth-order valence-corrected chi connectivity index (χ4v) is 1.77. The van der Waals surface area contributed by atoms with Gasteiger partial charge in [0.1, 0.15) is 11.5 Å². The fourth-order valence-electron chi connectivity index (χ4n) is 1.77. The smallest absolute Gasteiger partial charge is 0.423 e. The second-order valence-electron chi connectivity index (χ2n) is 4.67. The summed E-state index contributed by atoms with van der Waals surface area (Å²) in [6.07, 6.45) is -4.79. The van der Waals surface area contributed by atoms with Crippen molar-refractivity contribution in [2.45, 2.75) is 13.3 Å². The summed E-state index contributed by atoms with van der Waals surface area (Å²) in [6, 6.07) is 10.4. The van der Waals surface area contributed by atoms with Gasteiger partial charge in [0, 0.05) is 12.6 Å². The zero-order valence-corrected chi connectivity index (χ0v) is 12.4. The van der Waals surface area contributed by atoms with Crippen molar-refractivity contribution in [1.29, 1.82) is 0 Å². The molecule has 2 aromatic carbocycles. The highest BCUT2D eigenvalue weighted by Gasteiger charge is 2.31. The van der Waals surface area contributed by atoms with E-state index in [0.29, 0.717) is 5.69 Å². The predicted molar refractivity (Wildman–Crippen MR) is 78.8 cm³/mol. The van der Waals surface area contributed by atoms with Crippen LogP contribution in [0.3, 0.4) is 0 Å². The maximum absolute atomic E-state index is 12.1. The monoisotopic (exact) mass is 339 g/mol. The Bertz CT molecular complexity index is 724. The molecule has 0 bridgehead atoms. The number of nitrogens with one attached hydrogen (secondary N) is 1. The van der Waals surface area contributed by atoms with E-state index in [1.807, 2.05) is 0 Å². The van der Waals surface area contributed by atoms with Crippen molar-refractivity contribution in [2.24, 2.45) is 0 Å². The number of esters is 1. The lowest BCUT2D eigenvalue weighted by Crippen LogP contribution is -2.17. The highest BCUT2D eigenvalue weighted by molar-refractivity contribution is 5.91. The molecule has 24 heavy (non-hydrogen) atoms. The number of anilines is 1. The Balaban J connectivity index is 2.00. The van der Waals surface area contributed by atoms with Crippen molar-refractivity contribution in [3.63, 3.8) is 0 Å². The summed E-state index contributed by atoms with van der Waals surface area (Å²) in [7, 11) is 0. The number of amides is 1. The minimum absolute atomic E-state index is 0.0652. The molecule has 2 rings (SSSR count). The highest BCUT2D eigenvalue weighted by Crippen LogP contribution is 2.23. The predicted octanol–water partition coefficient (Wildman–Crippen LogP) is 3.76. The van der Waals surface area contributed by atoms with Crippen LogP contribution in [-0.2, 0) is 4.79 Å². The quantitative estimate of drug-likeness (QED) is 0.680. The first-order valence-electron chi connectivity index (χ1n) is 6.68. The average molecular weight is 339 g/mol. The Hall–Kier alpha value is -3.03. The van der Waals surface area contributed by atoms with Crippen LogP contribution >= 0.6 is 0 Å². The first-order valence-corrected chi connectivity index (χ1v) is 6.68. The number of rotatable bonds is 4. The Morgan fingerprint density at radius 3 is 1.96 bits per heavy atom. The molecule has 2 aromatic rings. The number of carbonyl (C=O) groups excluding carboxylic acids is 2. The molecule has 0 fully saturated rings. The molecule has 0 radical (unpaired) electrons. The number of halogens is 3. The Kier molecular flexibility index (Phi) is 5.08. The fraction of sp³-hybridized carbons (Fsp3) is 0.125. The van der Waals surface area contributed by atoms with Crippen molar-refractivity contribution in [2.75, 3.05) is 5.32 Å². The Morgan fingerprint density at radius 2 is 1.46 bits per heavy atom. The minimum atomic E-state index is -4.79. The number of alkyl halides is 3. The van der Waals surface area contributed by atoms with Crippen LogP contribution in [0, 0.1) is 0 Å². The van der Waals surface area contributed by atoms with Gasteiger partial charge in [-0.1, -0.05) is 0 Å². The molecule has 0 atom stereocenters. The maximum Gasteiger partial charge on any atom is 0.573 e. The lowest BCUT2D eigenvalue weighted by molar-refractivity contribution is -0.274. The molecule has 0 aliphatic carbocycles. The van der Waals surface area contributed by atoms with E-state index in [1.54, 1.807) is 12.1 Å². The molecule has 0 saturated heterocycles. The van der Waals surface area contributed by atoms with Gasteiger partial charge in [0.2, 0.25) is 5.91 Å². The molecule has 8 heteroatoms. The Morgan fingerprint density at radius 1 is 0.917 bits per heavy atom. The van der Waals surface area contributed by atoms with Gasteiger partial charge in [0.15, 0.2) is 0 Å². The van der Waals surface area contributed by atoms with Gasteiger partial charge in [0.05, 0.1) is 5.56 Å². The summed E-state index contributed by atoms with van der Waals surface area (Å²) in [6.45, 7) is 1.36. The van der Waals surface area contributed by atoms with Gasteiger partial charge in [-0.05, 0) is 48.5 Å². The van der Waals surface area contributed by atoms with Crippen LogP contribution in [0.15, 0.2) is 48.5 Å². The van der Waals surface area contributed by atoms with Crippen molar-refractivity contribution >= 4 is 17.6 Å². The molecule has 0 heterocycles. The molecular weight excluding hydrogens is 327 g/mol. The normalized spacial score (nSPS) is 10.8. The van der Waals surface area contributed by atoms with E-state index in [-0.39, 0.29) is 17.2 Å². The summed E-state index contributed by atoms with van der Waals surface area (Å²) < 4.78 is 45.0. The minimum Gasteiger partial charge on any atom is -0.423 e. The molecule has 0 aliphatic heterocycles. The van der Waals surface area contributed by atoms with Gasteiger partial charge >= 0.3 is 12.3 Å². The molecular formula is C16H12F3NO4. The van der Waals surface area contributed by atoms with Crippen LogP contribution < -0.4 is 14.8 Å². The van der Waals surface area contributed by atoms with E-state index in [2.05, 4.69) is 10.1 Å². The van der Waals surface area contributed by atoms with E-state index in [1.165, 1.54) is 19.1 Å². The van der Waals surface area contributed by atoms with E-state index in [4.69, 9.17) is 4.74 Å². The number of hydrogen-bond donors (Lipinski definition) is 1. The lowest BCUT2D eigenvalue weighted by Gasteiger charge is -2.09. The van der Waals surface area contributed by atoms with Crippen molar-refractivity contribution in [3.05, 3.63) is 54.1 Å². The topological polar surface area (TPSA) is 64.6 Å². The zero-order chi connectivity index (χ0) is 17.7. The third-order valence-corrected chi connectivity index (χ3v) is 2.71. The Labute approximate surface area is 135 Å². The van der Waals surface area contributed by atoms with Crippen LogP contribution in [0.1, 0.15) is 17.3 Å². The number of ether oxygens (including phenoxy) is 2. The average Bonchev–Trinajstić information content (AvgIpc) is 2.48. The van der Waals surface area contributed by atoms with E-state index >= 15 is 0 Å². The third-order valence-electron chi connectivity index (χ3n) is 2.71. The second-order valence-corrected chi connectivity index (χ2v) is 4.67. The standard InChI is InChI=1S/C16H12F3NO4/c1-10(21)20-12-4-8-13(9-5-12)23-15(22)11-2-6-14(7-3-11)24-16(17,18)19/h2-9H,1H3,(H,20,21). The van der Waals surface area contributed by atoms with E-state index < -0.39 is 18.1 Å². The molecule has 126 valence electrons. The summed E-state index contributed by atoms with van der Waals surface area (Å²) in [5.41, 5.74) is 0.603. The van der Waals surface area contributed by atoms with Crippen LogP contribution in [0.2, 0.25) is 0 Å².